The van der Waals surface area contributed by atoms with Gasteiger partial charge in [0.05, 0.1) is 0 Å². The number of amides is 1. The third-order valence-electron chi connectivity index (χ3n) is 1.69. The summed E-state index contributed by atoms with van der Waals surface area (Å²) in [7, 11) is 0. The second-order valence-electron chi connectivity index (χ2n) is 2.92. The van der Waals surface area contributed by atoms with Crippen LogP contribution >= 0.6 is 23.2 Å². The minimum atomic E-state index is -1.06. The van der Waals surface area contributed by atoms with Gasteiger partial charge >= 0.3 is 0 Å². The zero-order valence-corrected chi connectivity index (χ0v) is 9.47. The maximum atomic E-state index is 11.3. The minimum absolute atomic E-state index is 0.165. The standard InChI is InChI=1S/C10H9Cl2NO2/c1-6(14)13-8-4-2-7(3-5-8)9(15)10(11)12/h2-5,10H,1H3,(H,13,14). The van der Waals surface area contributed by atoms with Crippen LogP contribution in [0.2, 0.25) is 0 Å². The van der Waals surface area contributed by atoms with Gasteiger partial charge in [-0.25, -0.2) is 0 Å². The van der Waals surface area contributed by atoms with Gasteiger partial charge in [-0.1, -0.05) is 23.2 Å². The van der Waals surface area contributed by atoms with Crippen LogP contribution in [0.25, 0.3) is 0 Å². The van der Waals surface area contributed by atoms with Crippen molar-refractivity contribution in [2.45, 2.75) is 11.8 Å². The fourth-order valence-corrected chi connectivity index (χ4v) is 1.30. The van der Waals surface area contributed by atoms with Crippen LogP contribution in [0, 0.1) is 0 Å². The van der Waals surface area contributed by atoms with Gasteiger partial charge in [-0.2, -0.15) is 0 Å². The molecule has 0 saturated carbocycles. The number of ketones is 1. The highest BCUT2D eigenvalue weighted by Gasteiger charge is 2.13. The van der Waals surface area contributed by atoms with Crippen LogP contribution in [-0.2, 0) is 4.79 Å². The van der Waals surface area contributed by atoms with Crippen LogP contribution < -0.4 is 5.32 Å². The highest BCUT2D eigenvalue weighted by Crippen LogP contribution is 2.15. The van der Waals surface area contributed by atoms with Gasteiger partial charge in [0.1, 0.15) is 0 Å². The molecule has 0 spiro atoms. The summed E-state index contributed by atoms with van der Waals surface area (Å²) in [5.41, 5.74) is 1.04. The molecule has 0 atom stereocenters. The Bertz CT molecular complexity index is 374. The van der Waals surface area contributed by atoms with Crippen LogP contribution in [-0.4, -0.2) is 16.5 Å². The van der Waals surface area contributed by atoms with Crippen molar-refractivity contribution >= 4 is 40.6 Å². The summed E-state index contributed by atoms with van der Waals surface area (Å²) in [5.74, 6) is -0.519. The molecule has 0 aliphatic heterocycles. The number of halogens is 2. The highest BCUT2D eigenvalue weighted by molar-refractivity contribution is 6.55. The normalized spacial score (nSPS) is 10.1. The van der Waals surface area contributed by atoms with E-state index in [9.17, 15) is 9.59 Å². The first kappa shape index (κ1) is 12.0. The van der Waals surface area contributed by atoms with Gasteiger partial charge in [0.2, 0.25) is 5.91 Å². The lowest BCUT2D eigenvalue weighted by molar-refractivity contribution is -0.114. The molecule has 3 nitrogen and oxygen atoms in total. The fourth-order valence-electron chi connectivity index (χ4n) is 1.05. The minimum Gasteiger partial charge on any atom is -0.326 e. The van der Waals surface area contributed by atoms with Crippen molar-refractivity contribution in [2.24, 2.45) is 0 Å². The molecule has 1 amide bonds. The summed E-state index contributed by atoms with van der Waals surface area (Å²) < 4.78 is 0. The number of Topliss-reactive ketones (excluding diaryl/α,β-unsaturated/α-hetero) is 1. The average Bonchev–Trinajstić information content (AvgIpc) is 2.17. The fraction of sp³-hybridized carbons (Fsp3) is 0.200. The van der Waals surface area contributed by atoms with Gasteiger partial charge in [0, 0.05) is 18.2 Å². The van der Waals surface area contributed by atoms with E-state index >= 15 is 0 Å². The van der Waals surface area contributed by atoms with Crippen LogP contribution in [0.3, 0.4) is 0 Å². The molecule has 0 radical (unpaired) electrons. The molecule has 0 aromatic heterocycles. The number of anilines is 1. The Labute approximate surface area is 97.4 Å². The Hall–Kier alpha value is -1.06. The molecule has 0 saturated heterocycles. The molecular formula is C10H9Cl2NO2. The number of rotatable bonds is 3. The first-order chi connectivity index (χ1) is 7.00. The van der Waals surface area contributed by atoms with Crippen LogP contribution in [0.4, 0.5) is 5.69 Å². The zero-order chi connectivity index (χ0) is 11.4. The predicted octanol–water partition coefficient (Wildman–Crippen LogP) is 2.63. The summed E-state index contributed by atoms with van der Waals surface area (Å²) in [6, 6.07) is 6.35. The van der Waals surface area contributed by atoms with Crippen molar-refractivity contribution in [3.63, 3.8) is 0 Å². The number of hydrogen-bond donors (Lipinski definition) is 1. The van der Waals surface area contributed by atoms with E-state index in [1.807, 2.05) is 0 Å². The van der Waals surface area contributed by atoms with Gasteiger partial charge < -0.3 is 5.32 Å². The Morgan fingerprint density at radius 3 is 2.13 bits per heavy atom. The number of nitrogens with one attached hydrogen (secondary N) is 1. The Morgan fingerprint density at radius 2 is 1.73 bits per heavy atom. The van der Waals surface area contributed by atoms with Crippen molar-refractivity contribution in [2.75, 3.05) is 5.32 Å². The van der Waals surface area contributed by atoms with Crippen LogP contribution in [0.15, 0.2) is 24.3 Å². The number of alkyl halides is 2. The number of carbonyl (C=O) groups is 2. The molecule has 0 aliphatic rings. The van der Waals surface area contributed by atoms with E-state index < -0.39 is 4.84 Å². The summed E-state index contributed by atoms with van der Waals surface area (Å²) in [6.45, 7) is 1.41. The first-order valence-electron chi connectivity index (χ1n) is 4.20. The van der Waals surface area contributed by atoms with Gasteiger partial charge in [-0.15, -0.1) is 0 Å². The molecule has 0 heterocycles. The topological polar surface area (TPSA) is 46.2 Å². The Kier molecular flexibility index (Phi) is 4.12. The first-order valence-corrected chi connectivity index (χ1v) is 5.08. The van der Waals surface area contributed by atoms with E-state index in [1.165, 1.54) is 6.92 Å². The molecular weight excluding hydrogens is 237 g/mol. The van der Waals surface area contributed by atoms with E-state index in [0.717, 1.165) is 0 Å². The molecule has 1 N–H and O–H groups in total. The molecule has 15 heavy (non-hydrogen) atoms. The molecule has 0 unspecified atom stereocenters. The van der Waals surface area contributed by atoms with Crippen molar-refractivity contribution < 1.29 is 9.59 Å². The second-order valence-corrected chi connectivity index (χ2v) is 4.02. The van der Waals surface area contributed by atoms with Gasteiger partial charge in [-0.3, -0.25) is 9.59 Å². The van der Waals surface area contributed by atoms with E-state index in [4.69, 9.17) is 23.2 Å². The lowest BCUT2D eigenvalue weighted by atomic mass is 10.1. The zero-order valence-electron chi connectivity index (χ0n) is 7.96. The summed E-state index contributed by atoms with van der Waals surface area (Å²) in [4.78, 5) is 21.0. The predicted molar refractivity (Wildman–Crippen MR) is 60.6 cm³/mol. The van der Waals surface area contributed by atoms with E-state index in [-0.39, 0.29) is 11.7 Å². The summed E-state index contributed by atoms with van der Waals surface area (Å²) in [6.07, 6.45) is 0. The third-order valence-corrected chi connectivity index (χ3v) is 2.08. The highest BCUT2D eigenvalue weighted by atomic mass is 35.5. The monoisotopic (exact) mass is 245 g/mol. The number of carbonyl (C=O) groups excluding carboxylic acids is 2. The molecule has 80 valence electrons. The molecule has 1 aromatic carbocycles. The van der Waals surface area contributed by atoms with E-state index in [0.29, 0.717) is 11.3 Å². The van der Waals surface area contributed by atoms with Crippen LogP contribution in [0.1, 0.15) is 17.3 Å². The SMILES string of the molecule is CC(=O)Nc1ccc(C(=O)C(Cl)Cl)cc1. The third kappa shape index (κ3) is 3.53. The average molecular weight is 246 g/mol. The lowest BCUT2D eigenvalue weighted by Crippen LogP contribution is -2.09. The Balaban J connectivity index is 2.81. The van der Waals surface area contributed by atoms with Crippen LogP contribution in [0.5, 0.6) is 0 Å². The van der Waals surface area contributed by atoms with Gasteiger partial charge in [-0.05, 0) is 24.3 Å². The molecule has 1 rings (SSSR count). The van der Waals surface area contributed by atoms with Crippen molar-refractivity contribution in [3.05, 3.63) is 29.8 Å². The van der Waals surface area contributed by atoms with Gasteiger partial charge in [0.15, 0.2) is 10.6 Å². The molecule has 0 fully saturated rings. The van der Waals surface area contributed by atoms with E-state index in [1.54, 1.807) is 24.3 Å². The van der Waals surface area contributed by atoms with E-state index in [2.05, 4.69) is 5.32 Å². The molecule has 0 aliphatic carbocycles. The quantitative estimate of drug-likeness (QED) is 0.658. The van der Waals surface area contributed by atoms with Crippen molar-refractivity contribution in [1.29, 1.82) is 0 Å². The largest absolute Gasteiger partial charge is 0.326 e. The number of hydrogen-bond acceptors (Lipinski definition) is 2. The maximum absolute atomic E-state index is 11.3. The molecule has 1 aromatic rings. The summed E-state index contributed by atoms with van der Waals surface area (Å²) in [5, 5.41) is 2.58. The van der Waals surface area contributed by atoms with Crippen molar-refractivity contribution in [3.8, 4) is 0 Å². The second kappa shape index (κ2) is 5.14. The van der Waals surface area contributed by atoms with Crippen molar-refractivity contribution in [1.82, 2.24) is 0 Å². The van der Waals surface area contributed by atoms with Gasteiger partial charge in [0.25, 0.3) is 0 Å². The smallest absolute Gasteiger partial charge is 0.221 e. The number of benzene rings is 1. The maximum Gasteiger partial charge on any atom is 0.221 e. The lowest BCUT2D eigenvalue weighted by Gasteiger charge is -2.04. The Morgan fingerprint density at radius 1 is 1.20 bits per heavy atom. The molecule has 5 heteroatoms. The summed E-state index contributed by atoms with van der Waals surface area (Å²) >= 11 is 10.9. The molecule has 0 bridgehead atoms.